The molecule has 0 aliphatic rings. The fourth-order valence-electron chi connectivity index (χ4n) is 3.15. The van der Waals surface area contributed by atoms with Gasteiger partial charge in [0.25, 0.3) is 0 Å². The van der Waals surface area contributed by atoms with E-state index in [9.17, 15) is 13.9 Å². The van der Waals surface area contributed by atoms with Crippen LogP contribution < -0.4 is 15.4 Å². The van der Waals surface area contributed by atoms with Crippen LogP contribution in [0.1, 0.15) is 11.1 Å². The van der Waals surface area contributed by atoms with Crippen LogP contribution in [-0.2, 0) is 13.0 Å². The predicted molar refractivity (Wildman–Crippen MR) is 115 cm³/mol. The zero-order chi connectivity index (χ0) is 22.2. The Bertz CT molecular complexity index is 988. The van der Waals surface area contributed by atoms with E-state index < -0.39 is 23.8 Å². The number of hydrogen-bond donors (Lipinski definition) is 3. The molecule has 0 spiro atoms. The first-order valence-electron chi connectivity index (χ1n) is 9.64. The summed E-state index contributed by atoms with van der Waals surface area (Å²) >= 11 is 6.07. The number of aromatic nitrogens is 2. The second kappa shape index (κ2) is 11.0. The molecule has 164 valence electrons. The van der Waals surface area contributed by atoms with Gasteiger partial charge in [0.15, 0.2) is 11.0 Å². The lowest BCUT2D eigenvalue weighted by molar-refractivity contribution is 0.148. The Balaban J connectivity index is 1.70. The van der Waals surface area contributed by atoms with E-state index in [-0.39, 0.29) is 23.9 Å². The molecule has 0 saturated carbocycles. The van der Waals surface area contributed by atoms with E-state index >= 15 is 0 Å². The molecule has 3 N–H and O–H groups in total. The molecule has 0 fully saturated rings. The Kier molecular flexibility index (Phi) is 8.11. The van der Waals surface area contributed by atoms with Gasteiger partial charge in [0, 0.05) is 31.5 Å². The number of halogens is 3. The molecule has 2 aromatic carbocycles. The van der Waals surface area contributed by atoms with Gasteiger partial charge in [-0.15, -0.1) is 0 Å². The highest BCUT2D eigenvalue weighted by molar-refractivity contribution is 6.31. The maximum Gasteiger partial charge on any atom is 0.171 e. The summed E-state index contributed by atoms with van der Waals surface area (Å²) in [7, 11) is 1.60. The lowest BCUT2D eigenvalue weighted by atomic mass is 10.0. The molecule has 0 aliphatic carbocycles. The van der Waals surface area contributed by atoms with Gasteiger partial charge in [0.05, 0.1) is 19.3 Å². The number of nitrogens with one attached hydrogen (secondary N) is 2. The van der Waals surface area contributed by atoms with Crippen LogP contribution in [0.4, 0.5) is 14.6 Å². The number of nitrogens with zero attached hydrogens (tertiary/aromatic N) is 2. The molecule has 0 amide bonds. The smallest absolute Gasteiger partial charge is 0.171 e. The average molecular weight is 449 g/mol. The van der Waals surface area contributed by atoms with Crippen LogP contribution in [0.25, 0.3) is 0 Å². The standard InChI is InChI=1S/C22H23ClF2N4O2/c1-31-18-4-2-3-14(9-18)12-26-13-20(30)19(29-22-21(23)27-5-6-28-22)10-15-7-16(24)11-17(25)8-15/h2-9,11,19-20,26,30H,10,12-13H2,1H3,(H,28,29). The van der Waals surface area contributed by atoms with Gasteiger partial charge in [-0.25, -0.2) is 18.7 Å². The lowest BCUT2D eigenvalue weighted by Crippen LogP contribution is -2.42. The summed E-state index contributed by atoms with van der Waals surface area (Å²) in [6, 6.07) is 10.2. The topological polar surface area (TPSA) is 79.3 Å². The van der Waals surface area contributed by atoms with E-state index in [1.807, 2.05) is 24.3 Å². The quantitative estimate of drug-likeness (QED) is 0.440. The number of methoxy groups -OCH3 is 1. The fraction of sp³-hybridized carbons (Fsp3) is 0.273. The first kappa shape index (κ1) is 22.9. The van der Waals surface area contributed by atoms with Crippen molar-refractivity contribution in [3.8, 4) is 5.75 Å². The molecular formula is C22H23ClF2N4O2. The number of aliphatic hydroxyl groups is 1. The first-order chi connectivity index (χ1) is 14.9. The molecule has 0 radical (unpaired) electrons. The second-order valence-electron chi connectivity index (χ2n) is 6.98. The molecule has 3 aromatic rings. The van der Waals surface area contributed by atoms with Crippen molar-refractivity contribution in [1.82, 2.24) is 15.3 Å². The van der Waals surface area contributed by atoms with Crippen LogP contribution in [0.5, 0.6) is 5.75 Å². The molecule has 6 nitrogen and oxygen atoms in total. The Hall–Kier alpha value is -2.81. The Morgan fingerprint density at radius 1 is 1.06 bits per heavy atom. The minimum Gasteiger partial charge on any atom is -0.497 e. The van der Waals surface area contributed by atoms with E-state index in [1.165, 1.54) is 24.5 Å². The van der Waals surface area contributed by atoms with Crippen molar-refractivity contribution < 1.29 is 18.6 Å². The van der Waals surface area contributed by atoms with Crippen LogP contribution in [0.3, 0.4) is 0 Å². The highest BCUT2D eigenvalue weighted by atomic mass is 35.5. The predicted octanol–water partition coefficient (Wildman–Crippen LogP) is 3.59. The van der Waals surface area contributed by atoms with E-state index in [0.717, 1.165) is 17.4 Å². The van der Waals surface area contributed by atoms with Crippen molar-refractivity contribution in [1.29, 1.82) is 0 Å². The zero-order valence-corrected chi connectivity index (χ0v) is 17.6. The molecule has 1 heterocycles. The van der Waals surface area contributed by atoms with Crippen LogP contribution in [-0.4, -0.2) is 40.9 Å². The molecule has 2 atom stereocenters. The van der Waals surface area contributed by atoms with Crippen molar-refractivity contribution in [2.75, 3.05) is 19.0 Å². The third-order valence-corrected chi connectivity index (χ3v) is 4.91. The summed E-state index contributed by atoms with van der Waals surface area (Å²) in [5.41, 5.74) is 1.38. The first-order valence-corrected chi connectivity index (χ1v) is 10.0. The van der Waals surface area contributed by atoms with Gasteiger partial charge in [-0.1, -0.05) is 23.7 Å². The summed E-state index contributed by atoms with van der Waals surface area (Å²) in [5, 5.41) is 17.2. The number of rotatable bonds is 10. The summed E-state index contributed by atoms with van der Waals surface area (Å²) in [6.07, 6.45) is 2.12. The van der Waals surface area contributed by atoms with Gasteiger partial charge in [0.1, 0.15) is 17.4 Å². The van der Waals surface area contributed by atoms with Gasteiger partial charge in [-0.3, -0.25) is 0 Å². The van der Waals surface area contributed by atoms with Crippen molar-refractivity contribution in [2.24, 2.45) is 0 Å². The Morgan fingerprint density at radius 3 is 2.52 bits per heavy atom. The Morgan fingerprint density at radius 2 is 1.81 bits per heavy atom. The fourth-order valence-corrected chi connectivity index (χ4v) is 3.31. The third kappa shape index (κ3) is 6.85. The highest BCUT2D eigenvalue weighted by Gasteiger charge is 2.22. The number of hydrogen-bond acceptors (Lipinski definition) is 6. The molecular weight excluding hydrogens is 426 g/mol. The second-order valence-corrected chi connectivity index (χ2v) is 7.34. The summed E-state index contributed by atoms with van der Waals surface area (Å²) in [4.78, 5) is 8.08. The summed E-state index contributed by atoms with van der Waals surface area (Å²) < 4.78 is 32.5. The van der Waals surface area contributed by atoms with Gasteiger partial charge in [-0.05, 0) is 41.8 Å². The number of aliphatic hydroxyl groups excluding tert-OH is 1. The molecule has 0 bridgehead atoms. The minimum atomic E-state index is -0.921. The van der Waals surface area contributed by atoms with Crippen LogP contribution in [0.15, 0.2) is 54.9 Å². The van der Waals surface area contributed by atoms with Gasteiger partial charge >= 0.3 is 0 Å². The monoisotopic (exact) mass is 448 g/mol. The highest BCUT2D eigenvalue weighted by Crippen LogP contribution is 2.19. The molecule has 0 aliphatic heterocycles. The van der Waals surface area contributed by atoms with E-state index in [1.54, 1.807) is 7.11 Å². The average Bonchev–Trinajstić information content (AvgIpc) is 2.74. The number of ether oxygens (including phenoxy) is 1. The maximum absolute atomic E-state index is 13.6. The minimum absolute atomic E-state index is 0.134. The van der Waals surface area contributed by atoms with Crippen molar-refractivity contribution in [3.05, 3.63) is 82.8 Å². The summed E-state index contributed by atoms with van der Waals surface area (Å²) in [6.45, 7) is 0.714. The van der Waals surface area contributed by atoms with Gasteiger partial charge in [-0.2, -0.15) is 0 Å². The number of benzene rings is 2. The molecule has 9 heteroatoms. The molecule has 2 unspecified atom stereocenters. The lowest BCUT2D eigenvalue weighted by Gasteiger charge is -2.25. The summed E-state index contributed by atoms with van der Waals surface area (Å²) in [5.74, 6) is -0.350. The third-order valence-electron chi connectivity index (χ3n) is 4.63. The van der Waals surface area contributed by atoms with Crippen molar-refractivity contribution >= 4 is 17.4 Å². The van der Waals surface area contributed by atoms with E-state index in [2.05, 4.69) is 20.6 Å². The van der Waals surface area contributed by atoms with Crippen molar-refractivity contribution in [3.63, 3.8) is 0 Å². The van der Waals surface area contributed by atoms with E-state index in [4.69, 9.17) is 16.3 Å². The zero-order valence-electron chi connectivity index (χ0n) is 16.9. The number of anilines is 1. The van der Waals surface area contributed by atoms with Crippen LogP contribution in [0.2, 0.25) is 5.15 Å². The largest absolute Gasteiger partial charge is 0.497 e. The SMILES string of the molecule is COc1cccc(CNCC(O)C(Cc2cc(F)cc(F)c2)Nc2nccnc2Cl)c1. The van der Waals surface area contributed by atoms with Gasteiger partial charge < -0.3 is 20.5 Å². The van der Waals surface area contributed by atoms with Crippen LogP contribution >= 0.6 is 11.6 Å². The maximum atomic E-state index is 13.6. The van der Waals surface area contributed by atoms with Crippen molar-refractivity contribution in [2.45, 2.75) is 25.1 Å². The molecule has 1 aromatic heterocycles. The van der Waals surface area contributed by atoms with Crippen LogP contribution in [0, 0.1) is 11.6 Å². The van der Waals surface area contributed by atoms with E-state index in [0.29, 0.717) is 12.1 Å². The van der Waals surface area contributed by atoms with Gasteiger partial charge in [0.2, 0.25) is 0 Å². The molecule has 3 rings (SSSR count). The normalized spacial score (nSPS) is 12.9. The molecule has 31 heavy (non-hydrogen) atoms. The molecule has 0 saturated heterocycles. The Labute approximate surface area is 184 Å².